The van der Waals surface area contributed by atoms with Crippen LogP contribution in [0.15, 0.2) is 0 Å². The second kappa shape index (κ2) is 21.5. The van der Waals surface area contributed by atoms with E-state index in [9.17, 15) is 0 Å². The summed E-state index contributed by atoms with van der Waals surface area (Å²) in [6.45, 7) is 0. The maximum Gasteiger partial charge on any atom is 0 e. The Morgan fingerprint density at radius 2 is 1.00 bits per heavy atom. The molecule has 0 atom stereocenters. The molecule has 0 N–H and O–H groups in total. The Hall–Kier alpha value is 1.79. The van der Waals surface area contributed by atoms with Gasteiger partial charge in [-0.15, -0.1) is 0 Å². The maximum atomic E-state index is 0. The Morgan fingerprint density at radius 1 is 1.00 bits per heavy atom. The first-order valence-electron chi connectivity index (χ1n) is 0. The van der Waals surface area contributed by atoms with E-state index >= 15 is 0 Å². The Bertz CT molecular complexity index is 8.00. The van der Waals surface area contributed by atoms with Crippen LogP contribution in [-0.4, -0.2) is 0 Å². The second-order valence-corrected chi connectivity index (χ2v) is 0. The van der Waals surface area contributed by atoms with Crippen molar-refractivity contribution in [1.29, 1.82) is 0 Å². The Labute approximate surface area is 63.8 Å². The number of hydrogen-bond donors (Lipinski definition) is 0. The van der Waals surface area contributed by atoms with Crippen molar-refractivity contribution in [3.05, 3.63) is 7.43 Å². The third-order valence-corrected chi connectivity index (χ3v) is 0. The summed E-state index contributed by atoms with van der Waals surface area (Å²) in [6.07, 6.45) is 0. The Morgan fingerprint density at radius 3 is 1.00 bits per heavy atom. The van der Waals surface area contributed by atoms with E-state index in [1.165, 1.54) is 0 Å². The SMILES string of the molecule is [CH3-].[Cr].[Mn].[Nb]. The quantitative estimate of drug-likeness (QED) is 0.406. The van der Waals surface area contributed by atoms with Gasteiger partial charge in [-0.2, -0.15) is 0 Å². The summed E-state index contributed by atoms with van der Waals surface area (Å²) in [5, 5.41) is 0. The summed E-state index contributed by atoms with van der Waals surface area (Å²) >= 11 is 0. The first-order valence-corrected chi connectivity index (χ1v) is 0. The summed E-state index contributed by atoms with van der Waals surface area (Å²) in [7, 11) is 0. The predicted octanol–water partition coefficient (Wildman–Crippen LogP) is 0.443. The molecular weight excluding hydrogens is 212 g/mol. The molecule has 0 amide bonds. The molecule has 0 aliphatic rings. The minimum atomic E-state index is 0. The molecule has 2 radical (unpaired) electrons. The zero-order valence-corrected chi connectivity index (χ0v) is 6.89. The van der Waals surface area contributed by atoms with E-state index in [1.807, 2.05) is 0 Å². The maximum absolute atomic E-state index is 0. The molecule has 0 unspecified atom stereocenters. The van der Waals surface area contributed by atoms with Crippen LogP contribution in [0.1, 0.15) is 0 Å². The fraction of sp³-hybridized carbons (Fsp3) is 0. The molecule has 0 rings (SSSR count). The molecule has 26 valence electrons. The molecule has 4 heavy (non-hydrogen) atoms. The van der Waals surface area contributed by atoms with E-state index < -0.39 is 0 Å². The molecule has 0 nitrogen and oxygen atoms in total. The molecule has 0 spiro atoms. The van der Waals surface area contributed by atoms with Crippen molar-refractivity contribution < 1.29 is 56.8 Å². The van der Waals surface area contributed by atoms with Crippen LogP contribution >= 0.6 is 0 Å². The zero-order valence-electron chi connectivity index (χ0n) is 2.23. The van der Waals surface area contributed by atoms with Gasteiger partial charge in [0.2, 0.25) is 0 Å². The molecule has 0 aromatic carbocycles. The summed E-state index contributed by atoms with van der Waals surface area (Å²) in [5.74, 6) is 0. The van der Waals surface area contributed by atoms with Gasteiger partial charge in [0, 0.05) is 56.8 Å². The van der Waals surface area contributed by atoms with Crippen molar-refractivity contribution in [2.45, 2.75) is 0 Å². The van der Waals surface area contributed by atoms with Crippen LogP contribution in [0.3, 0.4) is 0 Å². The van der Waals surface area contributed by atoms with Crippen LogP contribution in [0.2, 0.25) is 0 Å². The van der Waals surface area contributed by atoms with Gasteiger partial charge in [0.1, 0.15) is 0 Å². The van der Waals surface area contributed by atoms with Crippen molar-refractivity contribution in [3.8, 4) is 0 Å². The predicted molar refractivity (Wildman–Crippen MR) is 6.41 cm³/mol. The van der Waals surface area contributed by atoms with Gasteiger partial charge in [0.15, 0.2) is 0 Å². The molecular formula is CH3CrMnNb-. The molecule has 0 aliphatic carbocycles. The standard InChI is InChI=1S/CH3.Cr.Mn.Nb/h1H3;;;/q-1;;;. The molecule has 0 saturated heterocycles. The molecule has 0 bridgehead atoms. The molecule has 0 heterocycles. The average molecular weight is 215 g/mol. The molecule has 0 fully saturated rings. The van der Waals surface area contributed by atoms with Crippen molar-refractivity contribution >= 4 is 0 Å². The monoisotopic (exact) mass is 215 g/mol. The summed E-state index contributed by atoms with van der Waals surface area (Å²) in [5.41, 5.74) is 0. The van der Waals surface area contributed by atoms with Gasteiger partial charge in [0.05, 0.1) is 0 Å². The minimum Gasteiger partial charge on any atom is -0.358 e. The number of hydrogen-bond acceptors (Lipinski definition) is 0. The van der Waals surface area contributed by atoms with Crippen LogP contribution in [0.25, 0.3) is 0 Å². The van der Waals surface area contributed by atoms with E-state index in [1.54, 1.807) is 0 Å². The van der Waals surface area contributed by atoms with Gasteiger partial charge in [0.25, 0.3) is 0 Å². The largest absolute Gasteiger partial charge is 0.358 e. The third kappa shape index (κ3) is 9.20. The van der Waals surface area contributed by atoms with Gasteiger partial charge in [-0.1, -0.05) is 0 Å². The summed E-state index contributed by atoms with van der Waals surface area (Å²) in [6, 6.07) is 0. The topological polar surface area (TPSA) is 0 Å². The molecule has 3 heteroatoms. The fourth-order valence-corrected chi connectivity index (χ4v) is 0. The average Bonchev–Trinajstić information content (AvgIpc) is 0. The van der Waals surface area contributed by atoms with E-state index in [0.717, 1.165) is 0 Å². The molecule has 0 aliphatic heterocycles. The van der Waals surface area contributed by atoms with Crippen LogP contribution in [0.4, 0.5) is 0 Å². The van der Waals surface area contributed by atoms with Gasteiger partial charge < -0.3 is 7.43 Å². The molecule has 0 aromatic rings. The van der Waals surface area contributed by atoms with E-state index in [0.29, 0.717) is 0 Å². The fourth-order valence-electron chi connectivity index (χ4n) is 0. The van der Waals surface area contributed by atoms with Crippen LogP contribution in [-0.2, 0) is 56.8 Å². The van der Waals surface area contributed by atoms with E-state index in [2.05, 4.69) is 0 Å². The van der Waals surface area contributed by atoms with Gasteiger partial charge in [-0.25, -0.2) is 0 Å². The smallest absolute Gasteiger partial charge is 0 e. The van der Waals surface area contributed by atoms with Crippen molar-refractivity contribution in [2.75, 3.05) is 0 Å². The first-order chi connectivity index (χ1) is 0. The van der Waals surface area contributed by atoms with Crippen LogP contribution in [0, 0.1) is 7.43 Å². The van der Waals surface area contributed by atoms with Crippen molar-refractivity contribution in [3.63, 3.8) is 0 Å². The molecule has 0 aromatic heterocycles. The zero-order chi connectivity index (χ0) is 0. The Kier molecular flexibility index (Phi) is 222. The van der Waals surface area contributed by atoms with E-state index in [4.69, 9.17) is 0 Å². The minimum absolute atomic E-state index is 0. The van der Waals surface area contributed by atoms with Gasteiger partial charge in [-0.3, -0.25) is 0 Å². The second-order valence-electron chi connectivity index (χ2n) is 0. The molecule has 0 saturated carbocycles. The Balaban J connectivity index is 0. The van der Waals surface area contributed by atoms with Crippen LogP contribution < -0.4 is 0 Å². The summed E-state index contributed by atoms with van der Waals surface area (Å²) in [4.78, 5) is 0. The van der Waals surface area contributed by atoms with Gasteiger partial charge in [-0.05, 0) is 0 Å². The van der Waals surface area contributed by atoms with Crippen molar-refractivity contribution in [2.24, 2.45) is 0 Å². The van der Waals surface area contributed by atoms with E-state index in [-0.39, 0.29) is 64.2 Å². The normalized spacial score (nSPS) is 0. The summed E-state index contributed by atoms with van der Waals surface area (Å²) < 4.78 is 0. The first kappa shape index (κ1) is 41.4. The van der Waals surface area contributed by atoms with Crippen LogP contribution in [0.5, 0.6) is 0 Å². The van der Waals surface area contributed by atoms with Crippen molar-refractivity contribution in [1.82, 2.24) is 0 Å². The third-order valence-electron chi connectivity index (χ3n) is 0. The number of rotatable bonds is 0. The van der Waals surface area contributed by atoms with Gasteiger partial charge >= 0.3 is 0 Å².